The summed E-state index contributed by atoms with van der Waals surface area (Å²) in [7, 11) is 1.41. The van der Waals surface area contributed by atoms with E-state index < -0.39 is 40.5 Å². The molecule has 0 saturated carbocycles. The third kappa shape index (κ3) is 4.26. The molecule has 3 rings (SSSR count). The number of nitrogens with zero attached hydrogens (tertiary/aromatic N) is 3. The summed E-state index contributed by atoms with van der Waals surface area (Å²) in [5, 5.41) is 11.3. The lowest BCUT2D eigenvalue weighted by Gasteiger charge is -2.30. The van der Waals surface area contributed by atoms with Gasteiger partial charge in [-0.15, -0.1) is 0 Å². The van der Waals surface area contributed by atoms with Gasteiger partial charge in [0.25, 0.3) is 5.91 Å². The molecule has 1 aliphatic heterocycles. The molecule has 6 nitrogen and oxygen atoms in total. The largest absolute Gasteiger partial charge is 0.417 e. The van der Waals surface area contributed by atoms with Gasteiger partial charge in [-0.1, -0.05) is 6.08 Å². The van der Waals surface area contributed by atoms with Gasteiger partial charge >= 0.3 is 6.18 Å². The highest BCUT2D eigenvalue weighted by molar-refractivity contribution is 7.80. The molecule has 1 heterocycles. The highest BCUT2D eigenvalue weighted by atomic mass is 32.1. The average molecular weight is 478 g/mol. The van der Waals surface area contributed by atoms with Crippen LogP contribution in [0.1, 0.15) is 31.4 Å². The zero-order valence-electron chi connectivity index (χ0n) is 17.7. The maximum atomic E-state index is 14.5. The van der Waals surface area contributed by atoms with Crippen LogP contribution in [0.5, 0.6) is 0 Å². The molecule has 33 heavy (non-hydrogen) atoms. The third-order valence-electron chi connectivity index (χ3n) is 5.25. The Hall–Kier alpha value is -3.52. The number of allylic oxidation sites excluding steroid dienone is 4. The van der Waals surface area contributed by atoms with Crippen LogP contribution in [0.4, 0.5) is 23.2 Å². The number of hydrogen-bond acceptors (Lipinski definition) is 4. The molecule has 1 aromatic rings. The number of likely N-dealkylation sites (N-methyl/N-ethyl adjacent to an activating group) is 1. The molecule has 172 valence electrons. The molecule has 0 atom stereocenters. The van der Waals surface area contributed by atoms with Crippen LogP contribution in [0, 0.1) is 11.3 Å². The summed E-state index contributed by atoms with van der Waals surface area (Å²) in [6.07, 6.45) is -1.16. The van der Waals surface area contributed by atoms with E-state index in [1.165, 1.54) is 50.1 Å². The van der Waals surface area contributed by atoms with E-state index >= 15 is 0 Å². The number of nitriles is 1. The summed E-state index contributed by atoms with van der Waals surface area (Å²) < 4.78 is 54.9. The zero-order chi connectivity index (χ0) is 24.7. The van der Waals surface area contributed by atoms with E-state index in [1.807, 2.05) is 0 Å². The van der Waals surface area contributed by atoms with Gasteiger partial charge in [0.1, 0.15) is 11.4 Å². The predicted molar refractivity (Wildman–Crippen MR) is 116 cm³/mol. The SMILES string of the molecule is CNC(=O)C1=CC=C(N2C(=S)N(c3ccc(C#N)c(C(F)(F)F)c3)C(=O)C2(C)C)C=C(F)C1. The lowest BCUT2D eigenvalue weighted by atomic mass is 10.0. The molecule has 0 bridgehead atoms. The van der Waals surface area contributed by atoms with E-state index in [0.717, 1.165) is 17.0 Å². The van der Waals surface area contributed by atoms with Crippen LogP contribution in [0.2, 0.25) is 0 Å². The smallest absolute Gasteiger partial charge is 0.355 e. The summed E-state index contributed by atoms with van der Waals surface area (Å²) in [6.45, 7) is 2.99. The van der Waals surface area contributed by atoms with Crippen molar-refractivity contribution in [3.05, 3.63) is 64.7 Å². The van der Waals surface area contributed by atoms with Crippen molar-refractivity contribution < 1.29 is 27.2 Å². The van der Waals surface area contributed by atoms with Crippen molar-refractivity contribution in [3.8, 4) is 6.07 Å². The number of hydrogen-bond donors (Lipinski definition) is 1. The summed E-state index contributed by atoms with van der Waals surface area (Å²) in [5.74, 6) is -1.77. The molecule has 2 amide bonds. The van der Waals surface area contributed by atoms with Crippen molar-refractivity contribution in [2.24, 2.45) is 0 Å². The quantitative estimate of drug-likeness (QED) is 0.523. The average Bonchev–Trinajstić information content (AvgIpc) is 2.86. The minimum absolute atomic E-state index is 0.147. The molecule has 1 aliphatic carbocycles. The number of alkyl halides is 3. The van der Waals surface area contributed by atoms with Crippen LogP contribution in [0.15, 0.2) is 53.5 Å². The highest BCUT2D eigenvalue weighted by Crippen LogP contribution is 2.40. The topological polar surface area (TPSA) is 76.4 Å². The first-order valence-electron chi connectivity index (χ1n) is 9.62. The summed E-state index contributed by atoms with van der Waals surface area (Å²) >= 11 is 5.43. The highest BCUT2D eigenvalue weighted by Gasteiger charge is 2.51. The molecule has 2 aliphatic rings. The molecular weight excluding hydrogens is 460 g/mol. The Morgan fingerprint density at radius 3 is 2.52 bits per heavy atom. The Balaban J connectivity index is 2.10. The Kier molecular flexibility index (Phi) is 6.17. The first-order valence-corrected chi connectivity index (χ1v) is 10.0. The van der Waals surface area contributed by atoms with Gasteiger partial charge in [0.15, 0.2) is 5.11 Å². The van der Waals surface area contributed by atoms with Crippen LogP contribution in [-0.2, 0) is 15.8 Å². The van der Waals surface area contributed by atoms with Crippen LogP contribution < -0.4 is 10.2 Å². The number of thiocarbonyl (C=S) groups is 1. The van der Waals surface area contributed by atoms with Gasteiger partial charge < -0.3 is 10.2 Å². The summed E-state index contributed by atoms with van der Waals surface area (Å²) in [6, 6.07) is 4.33. The van der Waals surface area contributed by atoms with Gasteiger partial charge in [-0.05, 0) is 56.4 Å². The van der Waals surface area contributed by atoms with Crippen molar-refractivity contribution in [2.45, 2.75) is 32.0 Å². The van der Waals surface area contributed by atoms with Crippen LogP contribution >= 0.6 is 12.2 Å². The standard InChI is InChI=1S/C22H18F4N4O2S/c1-21(2)19(32)29(15-6-5-13(11-27)17(10-15)22(24,25)26)20(33)30(21)16-7-4-12(18(31)28-3)8-14(23)9-16/h4-7,9-10H,8H2,1-3H3,(H,28,31). The molecule has 1 aromatic carbocycles. The van der Waals surface area contributed by atoms with Gasteiger partial charge in [0.05, 0.1) is 22.9 Å². The maximum absolute atomic E-state index is 14.5. The van der Waals surface area contributed by atoms with E-state index in [4.69, 9.17) is 17.5 Å². The number of benzene rings is 1. The molecule has 1 saturated heterocycles. The van der Waals surface area contributed by atoms with E-state index in [-0.39, 0.29) is 28.5 Å². The van der Waals surface area contributed by atoms with E-state index in [9.17, 15) is 27.2 Å². The Morgan fingerprint density at radius 2 is 1.94 bits per heavy atom. The van der Waals surface area contributed by atoms with Gasteiger partial charge in [0.2, 0.25) is 5.91 Å². The van der Waals surface area contributed by atoms with Gasteiger partial charge in [-0.2, -0.15) is 18.4 Å². The van der Waals surface area contributed by atoms with Crippen molar-refractivity contribution in [1.29, 1.82) is 5.26 Å². The fraction of sp³-hybridized carbons (Fsp3) is 0.273. The second-order valence-corrected chi connectivity index (χ2v) is 8.15. The zero-order valence-corrected chi connectivity index (χ0v) is 18.6. The first kappa shape index (κ1) is 24.1. The van der Waals surface area contributed by atoms with Gasteiger partial charge in [-0.3, -0.25) is 14.5 Å². The number of carbonyl (C=O) groups excluding carboxylic acids is 2. The number of carbonyl (C=O) groups is 2. The van der Waals surface area contributed by atoms with Crippen molar-refractivity contribution in [3.63, 3.8) is 0 Å². The van der Waals surface area contributed by atoms with Gasteiger partial charge in [0, 0.05) is 24.7 Å². The Labute approximate surface area is 192 Å². The molecule has 0 spiro atoms. The molecule has 1 N–H and O–H groups in total. The van der Waals surface area contributed by atoms with Crippen LogP contribution in [0.3, 0.4) is 0 Å². The molecule has 0 aromatic heterocycles. The summed E-state index contributed by atoms with van der Waals surface area (Å²) in [5.41, 5.74) is -3.05. The fourth-order valence-corrected chi connectivity index (χ4v) is 4.12. The van der Waals surface area contributed by atoms with Crippen molar-refractivity contribution in [1.82, 2.24) is 10.2 Å². The van der Waals surface area contributed by atoms with Crippen LogP contribution in [-0.4, -0.2) is 34.4 Å². The minimum atomic E-state index is -4.82. The normalized spacial score (nSPS) is 18.3. The Morgan fingerprint density at radius 1 is 1.27 bits per heavy atom. The molecule has 1 fully saturated rings. The lowest BCUT2D eigenvalue weighted by Crippen LogP contribution is -2.43. The van der Waals surface area contributed by atoms with E-state index in [2.05, 4.69) is 5.32 Å². The third-order valence-corrected chi connectivity index (χ3v) is 5.62. The number of anilines is 1. The number of nitrogens with one attached hydrogen (secondary N) is 1. The second-order valence-electron chi connectivity index (χ2n) is 7.79. The molecular formula is C22H18F4N4O2S. The lowest BCUT2D eigenvalue weighted by molar-refractivity contribution is -0.137. The monoisotopic (exact) mass is 478 g/mol. The van der Waals surface area contributed by atoms with E-state index in [1.54, 1.807) is 0 Å². The Bertz CT molecular complexity index is 1190. The van der Waals surface area contributed by atoms with Gasteiger partial charge in [-0.25, -0.2) is 4.39 Å². The molecule has 0 radical (unpaired) electrons. The maximum Gasteiger partial charge on any atom is 0.417 e. The predicted octanol–water partition coefficient (Wildman–Crippen LogP) is 4.10. The summed E-state index contributed by atoms with van der Waals surface area (Å²) in [4.78, 5) is 27.4. The fourth-order valence-electron chi connectivity index (χ4n) is 3.60. The molecule has 0 unspecified atom stereocenters. The van der Waals surface area contributed by atoms with Crippen LogP contribution in [0.25, 0.3) is 0 Å². The van der Waals surface area contributed by atoms with Crippen molar-refractivity contribution >= 4 is 34.8 Å². The number of rotatable bonds is 3. The van der Waals surface area contributed by atoms with Crippen molar-refractivity contribution in [2.75, 3.05) is 11.9 Å². The number of halogens is 4. The van der Waals surface area contributed by atoms with E-state index in [0.29, 0.717) is 6.07 Å². The number of amides is 2. The minimum Gasteiger partial charge on any atom is -0.355 e. The first-order chi connectivity index (χ1) is 15.3. The molecule has 11 heteroatoms. The second kappa shape index (κ2) is 8.44.